The van der Waals surface area contributed by atoms with Crippen molar-refractivity contribution >= 4 is 23.2 Å². The molecule has 1 aromatic heterocycles. The van der Waals surface area contributed by atoms with E-state index in [1.807, 2.05) is 13.0 Å². The number of benzene rings is 1. The number of amides is 1. The molecule has 180 valence electrons. The van der Waals surface area contributed by atoms with Gasteiger partial charge in [-0.3, -0.25) is 9.59 Å². The fourth-order valence-corrected chi connectivity index (χ4v) is 5.08. The molecule has 8 heteroatoms. The summed E-state index contributed by atoms with van der Waals surface area (Å²) >= 11 is 6.45. The summed E-state index contributed by atoms with van der Waals surface area (Å²) in [6.07, 6.45) is 4.48. The van der Waals surface area contributed by atoms with Gasteiger partial charge in [0.15, 0.2) is 11.4 Å². The van der Waals surface area contributed by atoms with Crippen molar-refractivity contribution in [3.63, 3.8) is 0 Å². The lowest BCUT2D eigenvalue weighted by Crippen LogP contribution is -2.42. The molecular formula is C25H34ClFN4O2. The van der Waals surface area contributed by atoms with Gasteiger partial charge in [0.25, 0.3) is 5.91 Å². The van der Waals surface area contributed by atoms with Gasteiger partial charge in [-0.25, -0.2) is 0 Å². The molecule has 1 aliphatic carbocycles. The molecule has 0 radical (unpaired) electrons. The summed E-state index contributed by atoms with van der Waals surface area (Å²) in [5.41, 5.74) is 2.59. The van der Waals surface area contributed by atoms with Crippen molar-refractivity contribution in [1.29, 1.82) is 0 Å². The van der Waals surface area contributed by atoms with Gasteiger partial charge >= 0.3 is 0 Å². The second kappa shape index (κ2) is 10.7. The number of carbonyl (C=O) groups is 1. The van der Waals surface area contributed by atoms with E-state index in [9.17, 15) is 14.0 Å². The highest BCUT2D eigenvalue weighted by atomic mass is 35.5. The molecule has 0 unspecified atom stereocenters. The molecule has 0 saturated heterocycles. The number of aromatic nitrogens is 1. The number of rotatable bonds is 7. The Labute approximate surface area is 200 Å². The van der Waals surface area contributed by atoms with E-state index in [2.05, 4.69) is 41.1 Å². The van der Waals surface area contributed by atoms with Crippen molar-refractivity contribution in [2.75, 3.05) is 25.5 Å². The van der Waals surface area contributed by atoms with Crippen LogP contribution in [0, 0.1) is 19.8 Å². The van der Waals surface area contributed by atoms with E-state index in [0.29, 0.717) is 33.9 Å². The van der Waals surface area contributed by atoms with Gasteiger partial charge in [0.05, 0.1) is 0 Å². The molecule has 0 bridgehead atoms. The Kier molecular flexibility index (Phi) is 8.19. The number of pyridine rings is 1. The monoisotopic (exact) mass is 476 g/mol. The maximum atomic E-state index is 13.4. The van der Waals surface area contributed by atoms with Gasteiger partial charge in [-0.2, -0.15) is 4.39 Å². The Morgan fingerprint density at radius 2 is 1.79 bits per heavy atom. The zero-order chi connectivity index (χ0) is 24.3. The van der Waals surface area contributed by atoms with Crippen LogP contribution in [0.2, 0.25) is 5.02 Å². The van der Waals surface area contributed by atoms with E-state index in [1.165, 1.54) is 0 Å². The number of carbonyl (C=O) groups excluding carboxylic acids is 1. The molecule has 0 atom stereocenters. The van der Waals surface area contributed by atoms with E-state index < -0.39 is 11.4 Å². The van der Waals surface area contributed by atoms with Crippen molar-refractivity contribution in [3.8, 4) is 0 Å². The van der Waals surface area contributed by atoms with Gasteiger partial charge in [0.2, 0.25) is 0 Å². The Morgan fingerprint density at radius 1 is 1.15 bits per heavy atom. The van der Waals surface area contributed by atoms with Gasteiger partial charge in [-0.15, -0.1) is 0 Å². The number of hydrogen-bond donors (Lipinski definition) is 2. The van der Waals surface area contributed by atoms with Gasteiger partial charge in [-0.05, 0) is 78.2 Å². The molecule has 1 saturated carbocycles. The number of aryl methyl sites for hydroxylation is 1. The number of nitrogens with one attached hydrogen (secondary N) is 2. The Morgan fingerprint density at radius 3 is 2.36 bits per heavy atom. The van der Waals surface area contributed by atoms with Crippen molar-refractivity contribution in [2.24, 2.45) is 0 Å². The Hall–Kier alpha value is -2.38. The largest absolute Gasteiger partial charge is 0.369 e. The van der Waals surface area contributed by atoms with Crippen molar-refractivity contribution in [3.05, 3.63) is 61.8 Å². The minimum atomic E-state index is -0.692. The maximum Gasteiger partial charge on any atom is 0.251 e. The van der Waals surface area contributed by atoms with E-state index >= 15 is 0 Å². The zero-order valence-electron chi connectivity index (χ0n) is 20.1. The maximum absolute atomic E-state index is 13.4. The summed E-state index contributed by atoms with van der Waals surface area (Å²) in [5.74, 6) is -1.01. The van der Waals surface area contributed by atoms with Crippen LogP contribution in [0.25, 0.3) is 0 Å². The molecule has 1 aromatic carbocycles. The van der Waals surface area contributed by atoms with E-state index in [0.717, 1.165) is 49.5 Å². The molecule has 1 fully saturated rings. The number of H-pyrrole nitrogens is 1. The third kappa shape index (κ3) is 5.76. The molecule has 1 heterocycles. The minimum Gasteiger partial charge on any atom is -0.369 e. The van der Waals surface area contributed by atoms with Crippen LogP contribution >= 0.6 is 11.6 Å². The molecule has 2 aromatic rings. The third-order valence-electron chi connectivity index (χ3n) is 6.82. The average Bonchev–Trinajstić information content (AvgIpc) is 2.75. The molecule has 0 aliphatic heterocycles. The number of anilines is 1. The summed E-state index contributed by atoms with van der Waals surface area (Å²) in [6, 6.07) is 5.50. The quantitative estimate of drug-likeness (QED) is 0.581. The van der Waals surface area contributed by atoms with Gasteiger partial charge in [0, 0.05) is 58.8 Å². The highest BCUT2D eigenvalue weighted by Crippen LogP contribution is 2.34. The number of nitrogens with zero attached hydrogens (tertiary/aromatic N) is 2. The molecule has 1 amide bonds. The normalized spacial score (nSPS) is 18.4. The van der Waals surface area contributed by atoms with Crippen LogP contribution in [0.5, 0.6) is 0 Å². The SMILES string of the molecule is CCN(c1cc(Cl)cc(C(=O)NCc2c(C)[nH]c(F)cc2=O)c1C)C1CCC(N(C)C)CC1. The first kappa shape index (κ1) is 25.2. The third-order valence-corrected chi connectivity index (χ3v) is 7.04. The molecule has 2 N–H and O–H groups in total. The summed E-state index contributed by atoms with van der Waals surface area (Å²) in [5, 5.41) is 3.30. The lowest BCUT2D eigenvalue weighted by molar-refractivity contribution is 0.0950. The summed E-state index contributed by atoms with van der Waals surface area (Å²) in [7, 11) is 4.27. The lowest BCUT2D eigenvalue weighted by atomic mass is 9.89. The summed E-state index contributed by atoms with van der Waals surface area (Å²) in [6.45, 7) is 6.50. The molecular weight excluding hydrogens is 443 g/mol. The zero-order valence-corrected chi connectivity index (χ0v) is 20.9. The fraction of sp³-hybridized carbons (Fsp3) is 0.520. The predicted molar refractivity (Wildman–Crippen MR) is 132 cm³/mol. The average molecular weight is 477 g/mol. The lowest BCUT2D eigenvalue weighted by Gasteiger charge is -2.40. The standard InChI is InChI=1S/C25H34ClFN4O2/c1-6-31(19-9-7-18(8-10-19)30(4)5)22-12-17(26)11-20(15(22)2)25(33)28-14-21-16(3)29-24(27)13-23(21)32/h11-13,18-19H,6-10,14H2,1-5H3,(H,28,33)(H,29,32). The smallest absolute Gasteiger partial charge is 0.251 e. The van der Waals surface area contributed by atoms with Crippen LogP contribution in [0.1, 0.15) is 59.8 Å². The van der Waals surface area contributed by atoms with Crippen LogP contribution in [-0.2, 0) is 6.54 Å². The van der Waals surface area contributed by atoms with Gasteiger partial charge < -0.3 is 20.1 Å². The highest BCUT2D eigenvalue weighted by Gasteiger charge is 2.28. The Balaban J connectivity index is 1.81. The molecule has 33 heavy (non-hydrogen) atoms. The van der Waals surface area contributed by atoms with Gasteiger partial charge in [-0.1, -0.05) is 11.6 Å². The fourth-order valence-electron chi connectivity index (χ4n) is 4.87. The van der Waals surface area contributed by atoms with Crippen LogP contribution < -0.4 is 15.6 Å². The first-order chi connectivity index (χ1) is 15.6. The Bertz CT molecular complexity index is 1060. The van der Waals surface area contributed by atoms with Crippen LogP contribution in [0.4, 0.5) is 10.1 Å². The number of hydrogen-bond acceptors (Lipinski definition) is 4. The summed E-state index contributed by atoms with van der Waals surface area (Å²) < 4.78 is 13.4. The first-order valence-corrected chi connectivity index (χ1v) is 11.9. The van der Waals surface area contributed by atoms with Gasteiger partial charge in [0.1, 0.15) is 0 Å². The molecule has 3 rings (SSSR count). The second-order valence-corrected chi connectivity index (χ2v) is 9.51. The van der Waals surface area contributed by atoms with Crippen molar-refractivity contribution < 1.29 is 9.18 Å². The summed E-state index contributed by atoms with van der Waals surface area (Å²) in [4.78, 5) is 32.3. The van der Waals surface area contributed by atoms with E-state index in [4.69, 9.17) is 11.6 Å². The van der Waals surface area contributed by atoms with Crippen LogP contribution in [0.3, 0.4) is 0 Å². The minimum absolute atomic E-state index is 0.00755. The topological polar surface area (TPSA) is 68.4 Å². The highest BCUT2D eigenvalue weighted by molar-refractivity contribution is 6.31. The van der Waals surface area contributed by atoms with Crippen molar-refractivity contribution in [2.45, 2.75) is 65.1 Å². The van der Waals surface area contributed by atoms with E-state index in [-0.39, 0.29) is 12.5 Å². The van der Waals surface area contributed by atoms with E-state index in [1.54, 1.807) is 13.0 Å². The van der Waals surface area contributed by atoms with Crippen LogP contribution in [0.15, 0.2) is 23.0 Å². The van der Waals surface area contributed by atoms with Crippen molar-refractivity contribution in [1.82, 2.24) is 15.2 Å². The molecule has 0 spiro atoms. The number of halogens is 2. The molecule has 1 aliphatic rings. The number of aromatic amines is 1. The second-order valence-electron chi connectivity index (χ2n) is 9.08. The molecule has 6 nitrogen and oxygen atoms in total. The van der Waals surface area contributed by atoms with Crippen LogP contribution in [-0.4, -0.2) is 48.5 Å². The first-order valence-electron chi connectivity index (χ1n) is 11.5. The predicted octanol–water partition coefficient (Wildman–Crippen LogP) is 4.41.